The van der Waals surface area contributed by atoms with E-state index >= 15 is 0 Å². The molecule has 2 heteroatoms. The van der Waals surface area contributed by atoms with Gasteiger partial charge >= 0.3 is 0 Å². The van der Waals surface area contributed by atoms with E-state index in [0.29, 0.717) is 0 Å². The molecule has 2 unspecified atom stereocenters. The summed E-state index contributed by atoms with van der Waals surface area (Å²) in [5.74, 6) is 0. The van der Waals surface area contributed by atoms with Crippen molar-refractivity contribution in [2.45, 2.75) is 64.0 Å². The lowest BCUT2D eigenvalue weighted by atomic mass is 9.99. The molecule has 2 rings (SSSR count). The normalized spacial score (nSPS) is 31.4. The summed E-state index contributed by atoms with van der Waals surface area (Å²) in [5.41, 5.74) is 0. The molecule has 0 aromatic rings. The molecular formula is C15H28N2. The van der Waals surface area contributed by atoms with Gasteiger partial charge in [0.05, 0.1) is 0 Å². The van der Waals surface area contributed by atoms with Gasteiger partial charge in [-0.3, -0.25) is 0 Å². The van der Waals surface area contributed by atoms with Crippen LogP contribution in [0.5, 0.6) is 0 Å². The van der Waals surface area contributed by atoms with Gasteiger partial charge in [0.1, 0.15) is 0 Å². The molecule has 1 saturated heterocycles. The van der Waals surface area contributed by atoms with Crippen molar-refractivity contribution in [3.63, 3.8) is 0 Å². The van der Waals surface area contributed by atoms with Crippen molar-refractivity contribution in [1.29, 1.82) is 0 Å². The van der Waals surface area contributed by atoms with E-state index in [9.17, 15) is 0 Å². The molecule has 0 bridgehead atoms. The van der Waals surface area contributed by atoms with Crippen molar-refractivity contribution < 1.29 is 0 Å². The van der Waals surface area contributed by atoms with Gasteiger partial charge in [0, 0.05) is 12.1 Å². The quantitative estimate of drug-likeness (QED) is 0.755. The Kier molecular flexibility index (Phi) is 5.53. The smallest absolute Gasteiger partial charge is 0.0107 e. The molecule has 0 aromatic carbocycles. The maximum absolute atomic E-state index is 3.88. The van der Waals surface area contributed by atoms with E-state index in [0.717, 1.165) is 12.1 Å². The van der Waals surface area contributed by atoms with E-state index in [1.54, 1.807) is 0 Å². The Morgan fingerprint density at radius 1 is 1.12 bits per heavy atom. The number of hydrogen-bond acceptors (Lipinski definition) is 2. The predicted molar refractivity (Wildman–Crippen MR) is 74.3 cm³/mol. The highest BCUT2D eigenvalue weighted by atomic mass is 15.1. The fraction of sp³-hybridized carbons (Fsp3) is 0.867. The zero-order valence-corrected chi connectivity index (χ0v) is 11.3. The number of nitrogens with zero attached hydrogens (tertiary/aromatic N) is 1. The Bertz CT molecular complexity index is 237. The second-order valence-electron chi connectivity index (χ2n) is 5.62. The highest BCUT2D eigenvalue weighted by molar-refractivity contribution is 4.94. The van der Waals surface area contributed by atoms with Crippen molar-refractivity contribution in [2.24, 2.45) is 0 Å². The molecule has 1 fully saturated rings. The summed E-state index contributed by atoms with van der Waals surface area (Å²) in [6, 6.07) is 1.52. The van der Waals surface area contributed by atoms with Crippen LogP contribution in [0.2, 0.25) is 0 Å². The van der Waals surface area contributed by atoms with Gasteiger partial charge in [-0.15, -0.1) is 0 Å². The van der Waals surface area contributed by atoms with Crippen LogP contribution >= 0.6 is 0 Å². The Labute approximate surface area is 106 Å². The van der Waals surface area contributed by atoms with Crippen LogP contribution in [0.4, 0.5) is 0 Å². The van der Waals surface area contributed by atoms with Gasteiger partial charge in [-0.05, 0) is 64.6 Å². The van der Waals surface area contributed by atoms with Gasteiger partial charge in [0.25, 0.3) is 0 Å². The highest BCUT2D eigenvalue weighted by Crippen LogP contribution is 2.16. The summed E-state index contributed by atoms with van der Waals surface area (Å²) in [5, 5.41) is 3.88. The summed E-state index contributed by atoms with van der Waals surface area (Å²) in [6.45, 7) is 6.19. The van der Waals surface area contributed by atoms with Crippen LogP contribution in [0.15, 0.2) is 12.2 Å². The number of allylic oxidation sites excluding steroid dienone is 1. The molecule has 0 amide bonds. The Morgan fingerprint density at radius 2 is 2.06 bits per heavy atom. The third kappa shape index (κ3) is 4.44. The molecule has 1 heterocycles. The van der Waals surface area contributed by atoms with Gasteiger partial charge in [-0.1, -0.05) is 19.1 Å². The average Bonchev–Trinajstić information content (AvgIpc) is 2.57. The summed E-state index contributed by atoms with van der Waals surface area (Å²) in [4.78, 5) is 2.64. The SMILES string of the molecule is CCCN1CCCC(NC2CC=CCC2)CC1. The Balaban J connectivity index is 1.72. The first-order valence-electron chi connectivity index (χ1n) is 7.52. The van der Waals surface area contributed by atoms with Crippen molar-refractivity contribution in [3.05, 3.63) is 12.2 Å². The standard InChI is InChI=1S/C15H28N2/c1-2-11-17-12-6-9-15(10-13-17)16-14-7-4-3-5-8-14/h3-4,14-16H,2,5-13H2,1H3. The minimum Gasteiger partial charge on any atom is -0.311 e. The topological polar surface area (TPSA) is 15.3 Å². The van der Waals surface area contributed by atoms with Gasteiger partial charge in [-0.2, -0.15) is 0 Å². The minimum atomic E-state index is 0.753. The van der Waals surface area contributed by atoms with Crippen LogP contribution in [0, 0.1) is 0 Å². The monoisotopic (exact) mass is 236 g/mol. The van der Waals surface area contributed by atoms with E-state index in [1.807, 2.05) is 0 Å². The van der Waals surface area contributed by atoms with Gasteiger partial charge < -0.3 is 10.2 Å². The molecule has 1 aliphatic heterocycles. The molecule has 1 N–H and O–H groups in total. The molecule has 1 aliphatic carbocycles. The zero-order valence-electron chi connectivity index (χ0n) is 11.3. The van der Waals surface area contributed by atoms with Crippen LogP contribution in [0.3, 0.4) is 0 Å². The average molecular weight is 236 g/mol. The number of hydrogen-bond donors (Lipinski definition) is 1. The summed E-state index contributed by atoms with van der Waals surface area (Å²) in [6.07, 6.45) is 13.9. The summed E-state index contributed by atoms with van der Waals surface area (Å²) >= 11 is 0. The molecule has 0 saturated carbocycles. The van der Waals surface area contributed by atoms with Crippen molar-refractivity contribution in [2.75, 3.05) is 19.6 Å². The summed E-state index contributed by atoms with van der Waals surface area (Å²) in [7, 11) is 0. The second kappa shape index (κ2) is 7.17. The number of rotatable bonds is 4. The minimum absolute atomic E-state index is 0.753. The number of likely N-dealkylation sites (tertiary alicyclic amines) is 1. The molecule has 17 heavy (non-hydrogen) atoms. The van der Waals surface area contributed by atoms with Gasteiger partial charge in [0.2, 0.25) is 0 Å². The zero-order chi connectivity index (χ0) is 11.9. The molecule has 98 valence electrons. The predicted octanol–water partition coefficient (Wildman–Crippen LogP) is 2.95. The van der Waals surface area contributed by atoms with Gasteiger partial charge in [-0.25, -0.2) is 0 Å². The van der Waals surface area contributed by atoms with E-state index in [1.165, 1.54) is 64.6 Å². The summed E-state index contributed by atoms with van der Waals surface area (Å²) < 4.78 is 0. The fourth-order valence-electron chi connectivity index (χ4n) is 3.14. The molecule has 0 radical (unpaired) electrons. The van der Waals surface area contributed by atoms with Crippen LogP contribution < -0.4 is 5.32 Å². The first-order valence-corrected chi connectivity index (χ1v) is 7.52. The van der Waals surface area contributed by atoms with E-state index in [2.05, 4.69) is 29.3 Å². The number of nitrogens with one attached hydrogen (secondary N) is 1. The van der Waals surface area contributed by atoms with E-state index in [-0.39, 0.29) is 0 Å². The largest absolute Gasteiger partial charge is 0.311 e. The van der Waals surface area contributed by atoms with Crippen LogP contribution in [0.25, 0.3) is 0 Å². The molecule has 2 nitrogen and oxygen atoms in total. The second-order valence-corrected chi connectivity index (χ2v) is 5.62. The molecule has 0 aromatic heterocycles. The van der Waals surface area contributed by atoms with E-state index < -0.39 is 0 Å². The van der Waals surface area contributed by atoms with Crippen molar-refractivity contribution >= 4 is 0 Å². The van der Waals surface area contributed by atoms with Crippen LogP contribution in [-0.2, 0) is 0 Å². The highest BCUT2D eigenvalue weighted by Gasteiger charge is 2.19. The van der Waals surface area contributed by atoms with Crippen molar-refractivity contribution in [3.8, 4) is 0 Å². The lowest BCUT2D eigenvalue weighted by Gasteiger charge is -2.26. The third-order valence-electron chi connectivity index (χ3n) is 4.10. The molecule has 2 aliphatic rings. The molecular weight excluding hydrogens is 208 g/mol. The van der Waals surface area contributed by atoms with Gasteiger partial charge in [0.15, 0.2) is 0 Å². The Hall–Kier alpha value is -0.340. The lowest BCUT2D eigenvalue weighted by Crippen LogP contribution is -2.39. The van der Waals surface area contributed by atoms with Crippen molar-refractivity contribution in [1.82, 2.24) is 10.2 Å². The lowest BCUT2D eigenvalue weighted by molar-refractivity contribution is 0.280. The maximum Gasteiger partial charge on any atom is 0.0107 e. The maximum atomic E-state index is 3.88. The molecule has 0 spiro atoms. The Morgan fingerprint density at radius 3 is 2.82 bits per heavy atom. The van der Waals surface area contributed by atoms with Crippen LogP contribution in [-0.4, -0.2) is 36.6 Å². The van der Waals surface area contributed by atoms with Crippen LogP contribution in [0.1, 0.15) is 51.9 Å². The third-order valence-corrected chi connectivity index (χ3v) is 4.10. The first kappa shape index (κ1) is 13.1. The fourth-order valence-corrected chi connectivity index (χ4v) is 3.14. The molecule has 2 atom stereocenters. The van der Waals surface area contributed by atoms with E-state index in [4.69, 9.17) is 0 Å². The first-order chi connectivity index (χ1) is 8.38.